The fourth-order valence-corrected chi connectivity index (χ4v) is 3.72. The van der Waals surface area contributed by atoms with E-state index in [0.29, 0.717) is 6.04 Å². The molecule has 1 saturated heterocycles. The van der Waals surface area contributed by atoms with Crippen molar-refractivity contribution in [1.82, 2.24) is 10.2 Å². The molecule has 23 heavy (non-hydrogen) atoms. The molecule has 0 unspecified atom stereocenters. The Morgan fingerprint density at radius 1 is 1.35 bits per heavy atom. The number of rotatable bonds is 7. The molecule has 4 nitrogen and oxygen atoms in total. The predicted molar refractivity (Wildman–Crippen MR) is 96.2 cm³/mol. The molecule has 0 radical (unpaired) electrons. The number of thioether (sulfide) groups is 1. The lowest BCUT2D eigenvalue weighted by molar-refractivity contribution is -0.121. The van der Waals surface area contributed by atoms with Crippen molar-refractivity contribution in [2.75, 3.05) is 26.7 Å². The van der Waals surface area contributed by atoms with Crippen molar-refractivity contribution in [2.24, 2.45) is 0 Å². The molecule has 1 aromatic carbocycles. The third-order valence-corrected chi connectivity index (χ3v) is 5.33. The molecule has 128 valence electrons. The molecule has 0 bridgehead atoms. The molecule has 5 heteroatoms. The summed E-state index contributed by atoms with van der Waals surface area (Å²) in [6, 6.07) is 8.18. The molecule has 0 saturated carbocycles. The smallest absolute Gasteiger partial charge is 0.233 e. The van der Waals surface area contributed by atoms with Crippen LogP contribution in [0.25, 0.3) is 0 Å². The zero-order valence-corrected chi connectivity index (χ0v) is 15.2. The number of amides is 1. The van der Waals surface area contributed by atoms with E-state index >= 15 is 0 Å². The second kappa shape index (κ2) is 9.18. The second-order valence-corrected chi connectivity index (χ2v) is 7.47. The van der Waals surface area contributed by atoms with Crippen molar-refractivity contribution in [1.29, 1.82) is 0 Å². The van der Waals surface area contributed by atoms with Crippen LogP contribution in [0, 0.1) is 0 Å². The van der Waals surface area contributed by atoms with E-state index in [9.17, 15) is 4.79 Å². The van der Waals surface area contributed by atoms with Crippen molar-refractivity contribution < 1.29 is 9.53 Å². The molecule has 1 aromatic rings. The van der Waals surface area contributed by atoms with Crippen molar-refractivity contribution in [3.8, 4) is 5.75 Å². The Hall–Kier alpha value is -1.20. The fourth-order valence-electron chi connectivity index (χ4n) is 2.85. The summed E-state index contributed by atoms with van der Waals surface area (Å²) in [5, 5.41) is 3.13. The molecule has 1 fully saturated rings. The zero-order valence-electron chi connectivity index (χ0n) is 14.4. The van der Waals surface area contributed by atoms with E-state index in [0.717, 1.165) is 36.6 Å². The number of methoxy groups -OCH3 is 1. The highest BCUT2D eigenvalue weighted by Crippen LogP contribution is 2.25. The summed E-state index contributed by atoms with van der Waals surface area (Å²) in [5.74, 6) is 0.977. The van der Waals surface area contributed by atoms with Crippen LogP contribution in [0.4, 0.5) is 0 Å². The lowest BCUT2D eigenvalue weighted by atomic mass is 10.0. The lowest BCUT2D eigenvalue weighted by Crippen LogP contribution is -2.46. The number of nitrogens with one attached hydrogen (secondary N) is 1. The van der Waals surface area contributed by atoms with Crippen LogP contribution in [0.3, 0.4) is 0 Å². The van der Waals surface area contributed by atoms with Gasteiger partial charge in [0.05, 0.1) is 12.4 Å². The van der Waals surface area contributed by atoms with Crippen molar-refractivity contribution in [2.45, 2.75) is 49.3 Å². The number of carbonyl (C=O) groups excluding carboxylic acids is 1. The number of hydrogen-bond donors (Lipinski definition) is 1. The molecule has 0 spiro atoms. The highest BCUT2D eigenvalue weighted by atomic mass is 32.2. The van der Waals surface area contributed by atoms with Gasteiger partial charge in [-0.15, -0.1) is 11.8 Å². The minimum atomic E-state index is -0.0860. The van der Waals surface area contributed by atoms with E-state index < -0.39 is 0 Å². The Labute approximate surface area is 144 Å². The summed E-state index contributed by atoms with van der Waals surface area (Å²) >= 11 is 1.59. The average Bonchev–Trinajstić information content (AvgIpc) is 2.57. The summed E-state index contributed by atoms with van der Waals surface area (Å²) in [4.78, 5) is 15.9. The van der Waals surface area contributed by atoms with Gasteiger partial charge in [0.1, 0.15) is 5.75 Å². The van der Waals surface area contributed by atoms with Crippen LogP contribution in [-0.2, 0) is 4.79 Å². The number of benzene rings is 1. The molecule has 0 aliphatic carbocycles. The standard InChI is InChI=1S/C18H28N2O2S/c1-4-11-20-12-9-15(10-13-20)19-18(21)14(2)23-17-7-5-16(22-3)6-8-17/h5-8,14-15H,4,9-13H2,1-3H3,(H,19,21)/t14-/m1/s1. The summed E-state index contributed by atoms with van der Waals surface area (Å²) in [5.41, 5.74) is 0. The Kier molecular flexibility index (Phi) is 7.24. The minimum Gasteiger partial charge on any atom is -0.497 e. The molecule has 1 N–H and O–H groups in total. The molecule has 0 aromatic heterocycles. The van der Waals surface area contributed by atoms with Gasteiger partial charge in [-0.2, -0.15) is 0 Å². The monoisotopic (exact) mass is 336 g/mol. The van der Waals surface area contributed by atoms with Crippen LogP contribution >= 0.6 is 11.8 Å². The van der Waals surface area contributed by atoms with Gasteiger partial charge in [-0.05, 0) is 57.0 Å². The van der Waals surface area contributed by atoms with Gasteiger partial charge in [0.25, 0.3) is 0 Å². The first kappa shape index (κ1) is 18.1. The van der Waals surface area contributed by atoms with E-state index in [-0.39, 0.29) is 11.2 Å². The minimum absolute atomic E-state index is 0.0860. The highest BCUT2D eigenvalue weighted by molar-refractivity contribution is 8.00. The van der Waals surface area contributed by atoms with Gasteiger partial charge in [0, 0.05) is 24.0 Å². The normalized spacial score (nSPS) is 17.7. The second-order valence-electron chi connectivity index (χ2n) is 6.06. The van der Waals surface area contributed by atoms with E-state index in [1.807, 2.05) is 31.2 Å². The number of carbonyl (C=O) groups is 1. The van der Waals surface area contributed by atoms with Gasteiger partial charge < -0.3 is 15.0 Å². The number of hydrogen-bond acceptors (Lipinski definition) is 4. The Balaban J connectivity index is 1.76. The summed E-state index contributed by atoms with van der Waals surface area (Å²) in [6.07, 6.45) is 3.32. The summed E-state index contributed by atoms with van der Waals surface area (Å²) < 4.78 is 5.16. The van der Waals surface area contributed by atoms with E-state index in [4.69, 9.17) is 4.74 Å². The number of piperidine rings is 1. The van der Waals surface area contributed by atoms with Crippen LogP contribution < -0.4 is 10.1 Å². The average molecular weight is 337 g/mol. The van der Waals surface area contributed by atoms with Crippen LogP contribution in [-0.4, -0.2) is 48.8 Å². The molecular formula is C18H28N2O2S. The fraction of sp³-hybridized carbons (Fsp3) is 0.611. The van der Waals surface area contributed by atoms with Gasteiger partial charge in [-0.3, -0.25) is 4.79 Å². The molecule has 1 atom stereocenters. The molecule has 2 rings (SSSR count). The van der Waals surface area contributed by atoms with E-state index in [2.05, 4.69) is 17.1 Å². The third kappa shape index (κ3) is 5.74. The van der Waals surface area contributed by atoms with Crippen molar-refractivity contribution in [3.63, 3.8) is 0 Å². The van der Waals surface area contributed by atoms with Crippen molar-refractivity contribution in [3.05, 3.63) is 24.3 Å². The third-order valence-electron chi connectivity index (χ3n) is 4.22. The number of ether oxygens (including phenoxy) is 1. The Morgan fingerprint density at radius 3 is 2.57 bits per heavy atom. The van der Waals surface area contributed by atoms with Gasteiger partial charge >= 0.3 is 0 Å². The molecule has 1 aliphatic heterocycles. The maximum atomic E-state index is 12.4. The maximum absolute atomic E-state index is 12.4. The first-order valence-corrected chi connectivity index (χ1v) is 9.33. The Bertz CT molecular complexity index is 484. The van der Waals surface area contributed by atoms with Gasteiger partial charge in [0.15, 0.2) is 0 Å². The van der Waals surface area contributed by atoms with Gasteiger partial charge in [0.2, 0.25) is 5.91 Å². The molecular weight excluding hydrogens is 308 g/mol. The predicted octanol–water partition coefficient (Wildman–Crippen LogP) is 3.17. The summed E-state index contributed by atoms with van der Waals surface area (Å²) in [6.45, 7) is 7.55. The molecule has 1 heterocycles. The summed E-state index contributed by atoms with van der Waals surface area (Å²) in [7, 11) is 1.66. The van der Waals surface area contributed by atoms with Gasteiger partial charge in [-0.25, -0.2) is 0 Å². The zero-order chi connectivity index (χ0) is 16.7. The van der Waals surface area contributed by atoms with Crippen molar-refractivity contribution >= 4 is 17.7 Å². The quantitative estimate of drug-likeness (QED) is 0.777. The van der Waals surface area contributed by atoms with E-state index in [1.165, 1.54) is 13.0 Å². The van der Waals surface area contributed by atoms with Crippen LogP contribution in [0.1, 0.15) is 33.1 Å². The maximum Gasteiger partial charge on any atom is 0.233 e. The van der Waals surface area contributed by atoms with Gasteiger partial charge in [-0.1, -0.05) is 6.92 Å². The Morgan fingerprint density at radius 2 is 2.00 bits per heavy atom. The lowest BCUT2D eigenvalue weighted by Gasteiger charge is -2.32. The SMILES string of the molecule is CCCN1CCC(NC(=O)[C@@H](C)Sc2ccc(OC)cc2)CC1. The topological polar surface area (TPSA) is 41.6 Å². The van der Waals surface area contributed by atoms with Crippen LogP contribution in [0.5, 0.6) is 5.75 Å². The molecule has 1 aliphatic rings. The van der Waals surface area contributed by atoms with E-state index in [1.54, 1.807) is 18.9 Å². The first-order chi connectivity index (χ1) is 11.1. The number of likely N-dealkylation sites (tertiary alicyclic amines) is 1. The highest BCUT2D eigenvalue weighted by Gasteiger charge is 2.22. The van der Waals surface area contributed by atoms with Crippen LogP contribution in [0.15, 0.2) is 29.2 Å². The number of nitrogens with zero attached hydrogens (tertiary/aromatic N) is 1. The first-order valence-electron chi connectivity index (χ1n) is 8.45. The molecule has 1 amide bonds. The van der Waals surface area contributed by atoms with Crippen LogP contribution in [0.2, 0.25) is 0 Å². The largest absolute Gasteiger partial charge is 0.497 e.